The molecule has 3 heteroatoms. The molecule has 0 unspecified atom stereocenters. The summed E-state index contributed by atoms with van der Waals surface area (Å²) < 4.78 is 0. The predicted molar refractivity (Wildman–Crippen MR) is 100 cm³/mol. The molecule has 2 aromatic carbocycles. The Morgan fingerprint density at radius 1 is 0.476 bits per heavy atom. The molecule has 0 heterocycles. The minimum absolute atomic E-state index is 0.837. The molecule has 4 rings (SSSR count). The van der Waals surface area contributed by atoms with E-state index in [1.165, 1.54) is 11.1 Å². The first-order valence-electron chi connectivity index (χ1n) is 6.49. The number of hydrogen-bond acceptors (Lipinski definition) is 3. The topological polar surface area (TPSA) is 0 Å². The number of hydrogen-bond donors (Lipinski definition) is 3. The molecule has 0 aromatic heterocycles. The molecule has 0 nitrogen and oxygen atoms in total. The van der Waals surface area contributed by atoms with E-state index in [1.54, 1.807) is 0 Å². The lowest BCUT2D eigenvalue weighted by Gasteiger charge is -1.98. The van der Waals surface area contributed by atoms with Crippen molar-refractivity contribution in [2.45, 2.75) is 14.7 Å². The van der Waals surface area contributed by atoms with Crippen molar-refractivity contribution < 1.29 is 0 Å². The Morgan fingerprint density at radius 3 is 1.10 bits per heavy atom. The van der Waals surface area contributed by atoms with Gasteiger partial charge in [0.1, 0.15) is 0 Å². The minimum Gasteiger partial charge on any atom is -0.142 e. The summed E-state index contributed by atoms with van der Waals surface area (Å²) in [6.45, 7) is 0. The Balaban J connectivity index is 0.000000119. The van der Waals surface area contributed by atoms with Crippen LogP contribution in [0.15, 0.2) is 93.5 Å². The van der Waals surface area contributed by atoms with Crippen molar-refractivity contribution in [2.75, 3.05) is 0 Å². The largest absolute Gasteiger partial charge is 0.142 e. The molecular weight excluding hydrogens is 312 g/mol. The lowest BCUT2D eigenvalue weighted by atomic mass is 10.4. The van der Waals surface area contributed by atoms with Gasteiger partial charge in [0, 0.05) is 14.7 Å². The molecular formula is C18H16S3. The van der Waals surface area contributed by atoms with Gasteiger partial charge in [-0.1, -0.05) is 60.7 Å². The maximum atomic E-state index is 4.16. The zero-order valence-electron chi connectivity index (χ0n) is 11.3. The molecule has 0 saturated carbocycles. The van der Waals surface area contributed by atoms with Gasteiger partial charge in [-0.2, -0.15) is 0 Å². The van der Waals surface area contributed by atoms with Gasteiger partial charge in [0.15, 0.2) is 0 Å². The molecule has 21 heavy (non-hydrogen) atoms. The highest BCUT2D eigenvalue weighted by Crippen LogP contribution is 2.32. The zero-order valence-corrected chi connectivity index (χ0v) is 14.0. The fraction of sp³-hybridized carbons (Fsp3) is 0. The standard InChI is InChI=1S/C6H6S3.C6H4.C6H6/c7-4-2-1-3-5(8)6(4)9;1-2-5-4-6(5)3-1;1-2-4-6-5-3-1/h1-3,7-9H;1-4H;1-6H. The number of benzene rings is 3. The van der Waals surface area contributed by atoms with Gasteiger partial charge >= 0.3 is 0 Å². The fourth-order valence-electron chi connectivity index (χ4n) is 1.58. The van der Waals surface area contributed by atoms with Gasteiger partial charge in [-0.25, -0.2) is 0 Å². The summed E-state index contributed by atoms with van der Waals surface area (Å²) in [6.07, 6.45) is 0. The van der Waals surface area contributed by atoms with E-state index in [9.17, 15) is 0 Å². The van der Waals surface area contributed by atoms with E-state index in [0.717, 1.165) is 14.7 Å². The van der Waals surface area contributed by atoms with Crippen LogP contribution in [0.2, 0.25) is 0 Å². The lowest BCUT2D eigenvalue weighted by molar-refractivity contribution is 1.14. The third-order valence-electron chi connectivity index (χ3n) is 2.77. The maximum Gasteiger partial charge on any atom is 0.0308 e. The van der Waals surface area contributed by atoms with Gasteiger partial charge in [-0.15, -0.1) is 37.9 Å². The molecule has 0 atom stereocenters. The number of rotatable bonds is 0. The molecule has 0 aliphatic heterocycles. The van der Waals surface area contributed by atoms with Crippen molar-refractivity contribution in [3.63, 3.8) is 0 Å². The molecule has 0 bridgehead atoms. The molecule has 0 fully saturated rings. The SMILES string of the molecule is Sc1cccc(S)c1S.c1cc2cc-2c1.c1ccccc1. The van der Waals surface area contributed by atoms with Crippen molar-refractivity contribution in [1.82, 2.24) is 0 Å². The average molecular weight is 329 g/mol. The van der Waals surface area contributed by atoms with Gasteiger partial charge in [-0.05, 0) is 29.3 Å². The van der Waals surface area contributed by atoms with E-state index < -0.39 is 0 Å². The molecule has 2 aliphatic carbocycles. The maximum absolute atomic E-state index is 4.16. The highest BCUT2D eigenvalue weighted by Gasteiger charge is 2.06. The van der Waals surface area contributed by atoms with Crippen molar-refractivity contribution in [3.8, 4) is 11.1 Å². The van der Waals surface area contributed by atoms with Crippen molar-refractivity contribution in [3.05, 3.63) is 78.9 Å². The van der Waals surface area contributed by atoms with Crippen LogP contribution in [0.4, 0.5) is 0 Å². The molecule has 0 spiro atoms. The van der Waals surface area contributed by atoms with Crippen molar-refractivity contribution >= 4 is 37.9 Å². The summed E-state index contributed by atoms with van der Waals surface area (Å²) in [5.74, 6) is 0. The number of thiol groups is 3. The van der Waals surface area contributed by atoms with Crippen LogP contribution in [0.3, 0.4) is 0 Å². The number of fused-ring (bicyclic) bond motifs is 1. The summed E-state index contributed by atoms with van der Waals surface area (Å²) in [6, 6.07) is 26.1. The van der Waals surface area contributed by atoms with E-state index in [4.69, 9.17) is 0 Å². The van der Waals surface area contributed by atoms with Crippen LogP contribution in [0.5, 0.6) is 0 Å². The van der Waals surface area contributed by atoms with Gasteiger partial charge in [0.25, 0.3) is 0 Å². The Hall–Kier alpha value is -1.29. The minimum atomic E-state index is 0.837. The van der Waals surface area contributed by atoms with Crippen LogP contribution in [0, 0.1) is 0 Å². The molecule has 2 aliphatic rings. The molecule has 0 amide bonds. The van der Waals surface area contributed by atoms with Gasteiger partial charge in [0.2, 0.25) is 0 Å². The second-order valence-electron chi connectivity index (χ2n) is 4.38. The summed E-state index contributed by atoms with van der Waals surface area (Å²) in [5, 5.41) is 0. The van der Waals surface area contributed by atoms with Crippen molar-refractivity contribution in [2.24, 2.45) is 0 Å². The molecule has 0 N–H and O–H groups in total. The zero-order chi connectivity index (χ0) is 15.1. The smallest absolute Gasteiger partial charge is 0.0308 e. The van der Waals surface area contributed by atoms with Crippen LogP contribution < -0.4 is 0 Å². The summed E-state index contributed by atoms with van der Waals surface area (Å²) in [5.41, 5.74) is 2.85. The molecule has 0 saturated heterocycles. The normalized spacial score (nSPS) is 9.67. The van der Waals surface area contributed by atoms with Gasteiger partial charge in [0.05, 0.1) is 0 Å². The van der Waals surface area contributed by atoms with Crippen LogP contribution in [-0.2, 0) is 0 Å². The third-order valence-corrected chi connectivity index (χ3v) is 4.35. The van der Waals surface area contributed by atoms with E-state index in [0.29, 0.717) is 0 Å². The second-order valence-corrected chi connectivity index (χ2v) is 5.79. The van der Waals surface area contributed by atoms with Crippen LogP contribution in [0.25, 0.3) is 11.1 Å². The summed E-state index contributed by atoms with van der Waals surface area (Å²) >= 11 is 12.4. The van der Waals surface area contributed by atoms with Crippen LogP contribution in [0.1, 0.15) is 0 Å². The Labute approximate surface area is 142 Å². The Bertz CT molecular complexity index is 630. The van der Waals surface area contributed by atoms with Crippen LogP contribution in [-0.4, -0.2) is 0 Å². The first-order valence-corrected chi connectivity index (χ1v) is 7.83. The highest BCUT2D eigenvalue weighted by molar-refractivity contribution is 7.85. The van der Waals surface area contributed by atoms with Gasteiger partial charge in [-0.3, -0.25) is 0 Å². The summed E-state index contributed by atoms with van der Waals surface area (Å²) in [4.78, 5) is 2.57. The van der Waals surface area contributed by atoms with E-state index in [2.05, 4.69) is 62.2 Å². The quantitative estimate of drug-likeness (QED) is 0.329. The van der Waals surface area contributed by atoms with E-state index in [-0.39, 0.29) is 0 Å². The summed E-state index contributed by atoms with van der Waals surface area (Å²) in [7, 11) is 0. The Kier molecular flexibility index (Phi) is 6.30. The van der Waals surface area contributed by atoms with E-state index >= 15 is 0 Å². The highest BCUT2D eigenvalue weighted by atomic mass is 32.1. The fourth-order valence-corrected chi connectivity index (χ4v) is 2.23. The van der Waals surface area contributed by atoms with E-state index in [1.807, 2.05) is 54.6 Å². The molecule has 0 radical (unpaired) electrons. The molecule has 2 aromatic rings. The second kappa shape index (κ2) is 8.23. The van der Waals surface area contributed by atoms with Crippen molar-refractivity contribution in [1.29, 1.82) is 0 Å². The molecule has 106 valence electrons. The Morgan fingerprint density at radius 2 is 0.857 bits per heavy atom. The van der Waals surface area contributed by atoms with Gasteiger partial charge < -0.3 is 0 Å². The lowest BCUT2D eigenvalue weighted by Crippen LogP contribution is -1.71. The first-order chi connectivity index (χ1) is 10.2. The first kappa shape index (κ1) is 16.1. The predicted octanol–water partition coefficient (Wildman–Crippen LogP) is 5.91. The monoisotopic (exact) mass is 328 g/mol. The van der Waals surface area contributed by atoms with Crippen LogP contribution >= 0.6 is 37.9 Å². The average Bonchev–Trinajstić information content (AvgIpc) is 3.13. The third kappa shape index (κ3) is 5.54.